The van der Waals surface area contributed by atoms with Crippen molar-refractivity contribution in [3.8, 4) is 5.88 Å². The molecule has 0 atom stereocenters. The Morgan fingerprint density at radius 1 is 1.31 bits per heavy atom. The lowest BCUT2D eigenvalue weighted by molar-refractivity contribution is -0.136. The number of fused-ring (bicyclic) bond motifs is 1. The zero-order chi connectivity index (χ0) is 18.1. The minimum Gasteiger partial charge on any atom is -0.471 e. The van der Waals surface area contributed by atoms with Crippen molar-refractivity contribution in [2.75, 3.05) is 6.54 Å². The summed E-state index contributed by atoms with van der Waals surface area (Å²) in [6.07, 6.45) is 6.79. The van der Waals surface area contributed by atoms with Crippen LogP contribution in [0.1, 0.15) is 35.5 Å². The summed E-state index contributed by atoms with van der Waals surface area (Å²) in [5, 5.41) is 4.63. The first-order chi connectivity index (χ1) is 12.6. The average Bonchev–Trinajstić information content (AvgIpc) is 3.28. The normalized spacial score (nSPS) is 16.8. The molecule has 0 radical (unpaired) electrons. The molecule has 0 saturated heterocycles. The van der Waals surface area contributed by atoms with Crippen LogP contribution < -0.4 is 4.74 Å². The summed E-state index contributed by atoms with van der Waals surface area (Å²) in [4.78, 5) is 19.1. The maximum atomic E-state index is 12.8. The van der Waals surface area contributed by atoms with Crippen molar-refractivity contribution < 1.29 is 9.53 Å². The molecule has 1 amide bonds. The smallest absolute Gasteiger partial charge is 0.226 e. The van der Waals surface area contributed by atoms with Gasteiger partial charge in [0.05, 0.1) is 0 Å². The Hall–Kier alpha value is -2.63. The lowest BCUT2D eigenvalue weighted by atomic mass is 10.0. The highest BCUT2D eigenvalue weighted by atomic mass is 16.5. The largest absolute Gasteiger partial charge is 0.471 e. The molecule has 1 aliphatic carbocycles. The summed E-state index contributed by atoms with van der Waals surface area (Å²) in [5.74, 6) is 0.978. The summed E-state index contributed by atoms with van der Waals surface area (Å²) in [5.41, 5.74) is 4.15. The molecular weight excluding hydrogens is 328 g/mol. The first kappa shape index (κ1) is 16.8. The molecule has 6 nitrogen and oxygen atoms in total. The minimum atomic E-state index is 0.115. The van der Waals surface area contributed by atoms with Crippen LogP contribution in [0.2, 0.25) is 0 Å². The third kappa shape index (κ3) is 3.23. The van der Waals surface area contributed by atoms with Crippen LogP contribution in [0.4, 0.5) is 0 Å². The van der Waals surface area contributed by atoms with Gasteiger partial charge in [0.25, 0.3) is 0 Å². The lowest BCUT2D eigenvalue weighted by Crippen LogP contribution is -2.39. The fraction of sp³-hybridized carbons (Fsp3) is 0.450. The molecule has 0 N–H and O–H groups in total. The van der Waals surface area contributed by atoms with Gasteiger partial charge in [-0.3, -0.25) is 9.48 Å². The van der Waals surface area contributed by atoms with Crippen LogP contribution in [0.3, 0.4) is 0 Å². The van der Waals surface area contributed by atoms with Crippen molar-refractivity contribution in [1.82, 2.24) is 19.7 Å². The second-order valence-electron chi connectivity index (χ2n) is 7.05. The second-order valence-corrected chi connectivity index (χ2v) is 7.05. The highest BCUT2D eigenvalue weighted by molar-refractivity contribution is 5.80. The van der Waals surface area contributed by atoms with Gasteiger partial charge in [0.15, 0.2) is 0 Å². The number of rotatable bonds is 4. The van der Waals surface area contributed by atoms with Gasteiger partial charge in [0.2, 0.25) is 11.8 Å². The monoisotopic (exact) mass is 352 g/mol. The standard InChI is InChI=1S/C20H24N4O2/c1-14-6-5-9-19(21-14)26-13-17-16-12-24(11-10-18(16)23(2)22-17)20(25)15-7-3-4-8-15/h3-6,9,15H,7-8,10-13H2,1-2H3. The lowest BCUT2D eigenvalue weighted by Gasteiger charge is -2.30. The highest BCUT2D eigenvalue weighted by Crippen LogP contribution is 2.27. The van der Waals surface area contributed by atoms with E-state index in [1.165, 1.54) is 5.69 Å². The van der Waals surface area contributed by atoms with Crippen molar-refractivity contribution in [3.63, 3.8) is 0 Å². The molecule has 4 rings (SSSR count). The van der Waals surface area contributed by atoms with Gasteiger partial charge in [-0.25, -0.2) is 4.98 Å². The third-order valence-electron chi connectivity index (χ3n) is 5.21. The van der Waals surface area contributed by atoms with Crippen molar-refractivity contribution in [3.05, 3.63) is 53.0 Å². The zero-order valence-electron chi connectivity index (χ0n) is 15.3. The number of aromatic nitrogens is 3. The Morgan fingerprint density at radius 3 is 2.88 bits per heavy atom. The number of pyridine rings is 1. The summed E-state index contributed by atoms with van der Waals surface area (Å²) in [6.45, 7) is 3.70. The SMILES string of the molecule is Cc1cccc(OCc2nn(C)c3c2CN(C(=O)C2CC=CC2)CC3)n1. The number of carbonyl (C=O) groups is 1. The third-order valence-corrected chi connectivity index (χ3v) is 5.21. The molecule has 0 aromatic carbocycles. The molecule has 0 spiro atoms. The maximum absolute atomic E-state index is 12.8. The van der Waals surface area contributed by atoms with Gasteiger partial charge in [0, 0.05) is 55.5 Å². The Labute approximate surface area is 153 Å². The molecule has 2 aromatic heterocycles. The van der Waals surface area contributed by atoms with Crippen LogP contribution in [-0.4, -0.2) is 32.1 Å². The predicted octanol–water partition coefficient (Wildman–Crippen LogP) is 2.55. The number of carbonyl (C=O) groups excluding carboxylic acids is 1. The number of hydrogen-bond donors (Lipinski definition) is 0. The molecule has 0 saturated carbocycles. The van der Waals surface area contributed by atoms with Crippen LogP contribution >= 0.6 is 0 Å². The number of hydrogen-bond acceptors (Lipinski definition) is 4. The van der Waals surface area contributed by atoms with Crippen molar-refractivity contribution >= 4 is 5.91 Å². The summed E-state index contributed by atoms with van der Waals surface area (Å²) in [7, 11) is 1.96. The quantitative estimate of drug-likeness (QED) is 0.794. The first-order valence-corrected chi connectivity index (χ1v) is 9.15. The molecule has 26 heavy (non-hydrogen) atoms. The Balaban J connectivity index is 1.49. The number of amides is 1. The molecular formula is C20H24N4O2. The number of ether oxygens (including phenoxy) is 1. The van der Waals surface area contributed by atoms with E-state index in [-0.39, 0.29) is 11.8 Å². The van der Waals surface area contributed by atoms with E-state index in [0.29, 0.717) is 19.0 Å². The molecule has 3 heterocycles. The van der Waals surface area contributed by atoms with E-state index in [4.69, 9.17) is 4.74 Å². The number of aryl methyl sites for hydroxylation is 2. The highest BCUT2D eigenvalue weighted by Gasteiger charge is 2.30. The van der Waals surface area contributed by atoms with Gasteiger partial charge in [-0.1, -0.05) is 18.2 Å². The molecule has 2 aromatic rings. The Kier molecular flexibility index (Phi) is 4.49. The van der Waals surface area contributed by atoms with Gasteiger partial charge in [-0.05, 0) is 25.8 Å². The minimum absolute atomic E-state index is 0.115. The molecule has 136 valence electrons. The molecule has 2 aliphatic rings. The fourth-order valence-electron chi connectivity index (χ4n) is 3.79. The average molecular weight is 352 g/mol. The topological polar surface area (TPSA) is 60.2 Å². The summed E-state index contributed by atoms with van der Waals surface area (Å²) >= 11 is 0. The number of allylic oxidation sites excluding steroid dienone is 2. The van der Waals surface area contributed by atoms with Crippen molar-refractivity contribution in [2.24, 2.45) is 13.0 Å². The molecule has 0 fully saturated rings. The second kappa shape index (κ2) is 6.94. The molecule has 1 aliphatic heterocycles. The van der Waals surface area contributed by atoms with E-state index < -0.39 is 0 Å². The Bertz CT molecular complexity index is 847. The van der Waals surface area contributed by atoms with Gasteiger partial charge >= 0.3 is 0 Å². The molecule has 0 unspecified atom stereocenters. The molecule has 0 bridgehead atoms. The van der Waals surface area contributed by atoms with Gasteiger partial charge < -0.3 is 9.64 Å². The van der Waals surface area contributed by atoms with Crippen molar-refractivity contribution in [2.45, 2.75) is 39.3 Å². The van der Waals surface area contributed by atoms with Crippen LogP contribution in [0.25, 0.3) is 0 Å². The number of nitrogens with zero attached hydrogens (tertiary/aromatic N) is 4. The van der Waals surface area contributed by atoms with Crippen LogP contribution in [-0.2, 0) is 31.4 Å². The summed E-state index contributed by atoms with van der Waals surface area (Å²) in [6, 6.07) is 5.73. The van der Waals surface area contributed by atoms with E-state index in [0.717, 1.165) is 42.8 Å². The molecule has 6 heteroatoms. The van der Waals surface area contributed by atoms with Gasteiger partial charge in [0.1, 0.15) is 12.3 Å². The maximum Gasteiger partial charge on any atom is 0.226 e. The van der Waals surface area contributed by atoms with Crippen LogP contribution in [0.15, 0.2) is 30.4 Å². The van der Waals surface area contributed by atoms with Gasteiger partial charge in [-0.15, -0.1) is 0 Å². The van der Waals surface area contributed by atoms with E-state index in [1.54, 1.807) is 0 Å². The van der Waals surface area contributed by atoms with Crippen LogP contribution in [0.5, 0.6) is 5.88 Å². The van der Waals surface area contributed by atoms with E-state index in [2.05, 4.69) is 22.2 Å². The zero-order valence-corrected chi connectivity index (χ0v) is 15.3. The Morgan fingerprint density at radius 2 is 2.12 bits per heavy atom. The van der Waals surface area contributed by atoms with E-state index in [1.807, 2.05) is 41.8 Å². The summed E-state index contributed by atoms with van der Waals surface area (Å²) < 4.78 is 7.77. The predicted molar refractivity (Wildman–Crippen MR) is 97.5 cm³/mol. The first-order valence-electron chi connectivity index (χ1n) is 9.15. The van der Waals surface area contributed by atoms with Gasteiger partial charge in [-0.2, -0.15) is 5.10 Å². The van der Waals surface area contributed by atoms with E-state index >= 15 is 0 Å². The fourth-order valence-corrected chi connectivity index (χ4v) is 3.79. The van der Waals surface area contributed by atoms with Crippen molar-refractivity contribution in [1.29, 1.82) is 0 Å². The van der Waals surface area contributed by atoms with Crippen LogP contribution in [0, 0.1) is 12.8 Å². The van der Waals surface area contributed by atoms with E-state index in [9.17, 15) is 4.79 Å².